The third kappa shape index (κ3) is 6.70. The third-order valence-electron chi connectivity index (χ3n) is 5.75. The van der Waals surface area contributed by atoms with E-state index < -0.39 is 0 Å². The number of anilines is 1. The Hall–Kier alpha value is -4.12. The molecule has 0 bridgehead atoms. The van der Waals surface area contributed by atoms with Crippen molar-refractivity contribution in [2.75, 3.05) is 18.6 Å². The third-order valence-corrected chi connectivity index (χ3v) is 5.75. The first-order chi connectivity index (χ1) is 17.1. The van der Waals surface area contributed by atoms with Crippen molar-refractivity contribution in [1.29, 1.82) is 0 Å². The van der Waals surface area contributed by atoms with Crippen LogP contribution in [-0.4, -0.2) is 19.6 Å². The Morgan fingerprint density at radius 3 is 2.31 bits per heavy atom. The highest BCUT2D eigenvalue weighted by Crippen LogP contribution is 2.23. The number of ether oxygens (including phenoxy) is 2. The summed E-state index contributed by atoms with van der Waals surface area (Å²) >= 11 is 0. The molecule has 0 aliphatic rings. The zero-order chi connectivity index (χ0) is 24.5. The molecule has 0 spiro atoms. The lowest BCUT2D eigenvalue weighted by atomic mass is 10.1. The molecule has 4 nitrogen and oxygen atoms in total. The van der Waals surface area contributed by atoms with E-state index in [4.69, 9.17) is 9.47 Å². The van der Waals surface area contributed by atoms with Crippen molar-refractivity contribution in [3.05, 3.63) is 126 Å². The van der Waals surface area contributed by atoms with Crippen LogP contribution in [-0.2, 0) is 24.2 Å². The van der Waals surface area contributed by atoms with E-state index >= 15 is 0 Å². The average molecular weight is 470 g/mol. The Bertz CT molecular complexity index is 1240. The summed E-state index contributed by atoms with van der Waals surface area (Å²) in [5.41, 5.74) is 3.57. The minimum absolute atomic E-state index is 0.0877. The van der Waals surface area contributed by atoms with E-state index in [1.807, 2.05) is 78.9 Å². The quantitative estimate of drug-likeness (QED) is 0.276. The molecule has 0 heterocycles. The van der Waals surface area contributed by atoms with E-state index in [1.165, 1.54) is 12.1 Å². The van der Waals surface area contributed by atoms with Gasteiger partial charge >= 0.3 is 0 Å². The number of methoxy groups -OCH3 is 1. The van der Waals surface area contributed by atoms with Crippen LogP contribution in [0.15, 0.2) is 103 Å². The van der Waals surface area contributed by atoms with Crippen LogP contribution in [0.25, 0.3) is 0 Å². The topological polar surface area (TPSA) is 38.8 Å². The van der Waals surface area contributed by atoms with E-state index in [1.54, 1.807) is 24.1 Å². The SMILES string of the molecule is COc1cccc(CCN(C(=O)Cc2ccccc2OCc2ccccc2)c2ccc(F)cc2)c1. The molecule has 0 radical (unpaired) electrons. The molecule has 0 aromatic heterocycles. The second kappa shape index (κ2) is 11.8. The van der Waals surface area contributed by atoms with Gasteiger partial charge in [-0.25, -0.2) is 4.39 Å². The first-order valence-corrected chi connectivity index (χ1v) is 11.6. The number of carbonyl (C=O) groups excluding carboxylic acids is 1. The number of carbonyl (C=O) groups is 1. The summed E-state index contributed by atoms with van der Waals surface area (Å²) in [6, 6.07) is 31.3. The largest absolute Gasteiger partial charge is 0.497 e. The molecule has 4 rings (SSSR count). The number of para-hydroxylation sites is 1. The van der Waals surface area contributed by atoms with Crippen LogP contribution in [0, 0.1) is 5.82 Å². The maximum Gasteiger partial charge on any atom is 0.231 e. The highest BCUT2D eigenvalue weighted by molar-refractivity contribution is 5.95. The van der Waals surface area contributed by atoms with Crippen molar-refractivity contribution in [2.45, 2.75) is 19.4 Å². The fourth-order valence-electron chi connectivity index (χ4n) is 3.87. The lowest BCUT2D eigenvalue weighted by Gasteiger charge is -2.24. The molecule has 0 fully saturated rings. The van der Waals surface area contributed by atoms with Crippen molar-refractivity contribution < 1.29 is 18.7 Å². The van der Waals surface area contributed by atoms with Crippen LogP contribution < -0.4 is 14.4 Å². The van der Waals surface area contributed by atoms with Gasteiger partial charge in [-0.15, -0.1) is 0 Å². The summed E-state index contributed by atoms with van der Waals surface area (Å²) < 4.78 is 24.9. The molecule has 0 aliphatic carbocycles. The molecule has 0 unspecified atom stereocenters. The first-order valence-electron chi connectivity index (χ1n) is 11.6. The molecule has 4 aromatic carbocycles. The van der Waals surface area contributed by atoms with E-state index in [0.717, 1.165) is 22.4 Å². The molecule has 5 heteroatoms. The molecule has 178 valence electrons. The minimum Gasteiger partial charge on any atom is -0.497 e. The van der Waals surface area contributed by atoms with Gasteiger partial charge in [0.2, 0.25) is 5.91 Å². The van der Waals surface area contributed by atoms with Crippen molar-refractivity contribution in [3.63, 3.8) is 0 Å². The lowest BCUT2D eigenvalue weighted by molar-refractivity contribution is -0.118. The Morgan fingerprint density at radius 1 is 0.829 bits per heavy atom. The number of benzene rings is 4. The van der Waals surface area contributed by atoms with Gasteiger partial charge in [-0.2, -0.15) is 0 Å². The molecule has 4 aromatic rings. The molecule has 1 amide bonds. The van der Waals surface area contributed by atoms with Gasteiger partial charge in [-0.3, -0.25) is 4.79 Å². The van der Waals surface area contributed by atoms with E-state index in [-0.39, 0.29) is 18.1 Å². The number of rotatable bonds is 10. The molecule has 0 saturated heterocycles. The summed E-state index contributed by atoms with van der Waals surface area (Å²) in [5, 5.41) is 0. The highest BCUT2D eigenvalue weighted by atomic mass is 19.1. The molecule has 0 atom stereocenters. The van der Waals surface area contributed by atoms with Gasteiger partial charge in [0.1, 0.15) is 23.9 Å². The number of hydrogen-bond donors (Lipinski definition) is 0. The van der Waals surface area contributed by atoms with Gasteiger partial charge in [0.05, 0.1) is 13.5 Å². The van der Waals surface area contributed by atoms with Crippen LogP contribution in [0.5, 0.6) is 11.5 Å². The van der Waals surface area contributed by atoms with Gasteiger partial charge in [-0.05, 0) is 60.0 Å². The maximum absolute atomic E-state index is 13.6. The van der Waals surface area contributed by atoms with Crippen molar-refractivity contribution >= 4 is 11.6 Å². The first kappa shape index (κ1) is 24.0. The Balaban J connectivity index is 1.51. The van der Waals surface area contributed by atoms with Crippen molar-refractivity contribution in [1.82, 2.24) is 0 Å². The number of hydrogen-bond acceptors (Lipinski definition) is 3. The molecule has 0 N–H and O–H groups in total. The molecule has 0 aliphatic heterocycles. The van der Waals surface area contributed by atoms with E-state index in [2.05, 4.69) is 0 Å². The van der Waals surface area contributed by atoms with Crippen LogP contribution in [0.1, 0.15) is 16.7 Å². The average Bonchev–Trinajstić information content (AvgIpc) is 2.90. The van der Waals surface area contributed by atoms with Crippen molar-refractivity contribution in [2.24, 2.45) is 0 Å². The molecule has 0 saturated carbocycles. The zero-order valence-electron chi connectivity index (χ0n) is 19.7. The Kier molecular flexibility index (Phi) is 8.12. The zero-order valence-corrected chi connectivity index (χ0v) is 19.7. The summed E-state index contributed by atoms with van der Waals surface area (Å²) in [6.07, 6.45) is 0.799. The fourth-order valence-corrected chi connectivity index (χ4v) is 3.87. The van der Waals surface area contributed by atoms with Crippen molar-refractivity contribution in [3.8, 4) is 11.5 Å². The molecular formula is C30H28FNO3. The predicted octanol–water partition coefficient (Wildman–Crippen LogP) is 6.23. The smallest absolute Gasteiger partial charge is 0.231 e. The maximum atomic E-state index is 13.6. The van der Waals surface area contributed by atoms with Gasteiger partial charge in [0.25, 0.3) is 0 Å². The summed E-state index contributed by atoms with van der Waals surface area (Å²) in [6.45, 7) is 0.869. The van der Waals surface area contributed by atoms with Gasteiger partial charge in [-0.1, -0.05) is 60.7 Å². The van der Waals surface area contributed by atoms with E-state index in [9.17, 15) is 9.18 Å². The van der Waals surface area contributed by atoms with Gasteiger partial charge in [0, 0.05) is 17.8 Å². The second-order valence-corrected chi connectivity index (χ2v) is 8.18. The Labute approximate surface area is 205 Å². The number of amides is 1. The second-order valence-electron chi connectivity index (χ2n) is 8.18. The fraction of sp³-hybridized carbons (Fsp3) is 0.167. The van der Waals surface area contributed by atoms with Gasteiger partial charge in [0.15, 0.2) is 0 Å². The summed E-state index contributed by atoms with van der Waals surface area (Å²) in [5.74, 6) is 1.02. The van der Waals surface area contributed by atoms with Crippen LogP contribution in [0.4, 0.5) is 10.1 Å². The molecular weight excluding hydrogens is 441 g/mol. The van der Waals surface area contributed by atoms with Crippen LogP contribution in [0.3, 0.4) is 0 Å². The van der Waals surface area contributed by atoms with E-state index in [0.29, 0.717) is 31.0 Å². The normalized spacial score (nSPS) is 10.6. The lowest BCUT2D eigenvalue weighted by Crippen LogP contribution is -2.34. The standard InChI is InChI=1S/C30H28FNO3/c1-34-28-12-7-10-23(20-28)18-19-32(27-16-14-26(31)15-17-27)30(33)21-25-11-5-6-13-29(25)35-22-24-8-3-2-4-9-24/h2-17,20H,18-19,21-22H2,1H3. The number of halogens is 1. The minimum atomic E-state index is -0.339. The summed E-state index contributed by atoms with van der Waals surface area (Å²) in [7, 11) is 1.63. The molecule has 35 heavy (non-hydrogen) atoms. The van der Waals surface area contributed by atoms with Gasteiger partial charge < -0.3 is 14.4 Å². The van der Waals surface area contributed by atoms with Crippen LogP contribution >= 0.6 is 0 Å². The predicted molar refractivity (Wildman–Crippen MR) is 136 cm³/mol. The monoisotopic (exact) mass is 469 g/mol. The Morgan fingerprint density at radius 2 is 1.54 bits per heavy atom. The summed E-state index contributed by atoms with van der Waals surface area (Å²) in [4.78, 5) is 15.2. The van der Waals surface area contributed by atoms with Crippen LogP contribution in [0.2, 0.25) is 0 Å². The highest BCUT2D eigenvalue weighted by Gasteiger charge is 2.18. The number of nitrogens with zero attached hydrogens (tertiary/aromatic N) is 1.